The number of rotatable bonds is 2. The molecule has 1 aliphatic heterocycles. The first kappa shape index (κ1) is 14.1. The van der Waals surface area contributed by atoms with Crippen LogP contribution in [0.3, 0.4) is 0 Å². The smallest absolute Gasteiger partial charge is 0.246 e. The third kappa shape index (κ3) is 2.66. The lowest BCUT2D eigenvalue weighted by molar-refractivity contribution is -0.125. The Morgan fingerprint density at radius 1 is 1.32 bits per heavy atom. The summed E-state index contributed by atoms with van der Waals surface area (Å²) in [5, 5.41) is 3.36. The largest absolute Gasteiger partial charge is 0.309 e. The van der Waals surface area contributed by atoms with Gasteiger partial charge in [-0.15, -0.1) is 0 Å². The van der Waals surface area contributed by atoms with Crippen molar-refractivity contribution in [2.75, 3.05) is 11.4 Å². The van der Waals surface area contributed by atoms with Crippen LogP contribution in [0.4, 0.5) is 5.69 Å². The summed E-state index contributed by atoms with van der Waals surface area (Å²) in [6.45, 7) is 11.1. The Morgan fingerprint density at radius 2 is 1.95 bits per heavy atom. The molecule has 19 heavy (non-hydrogen) atoms. The van der Waals surface area contributed by atoms with Crippen LogP contribution in [-0.2, 0) is 4.79 Å². The molecular weight excluding hydrogens is 236 g/mol. The van der Waals surface area contributed by atoms with Crippen LogP contribution in [-0.4, -0.2) is 24.0 Å². The molecule has 1 fully saturated rings. The molecule has 1 unspecified atom stereocenters. The fraction of sp³-hybridized carbons (Fsp3) is 0.562. The summed E-state index contributed by atoms with van der Waals surface area (Å²) >= 11 is 0. The van der Waals surface area contributed by atoms with Gasteiger partial charge in [-0.3, -0.25) is 10.1 Å². The number of amides is 1. The number of carbonyl (C=O) groups excluding carboxylic acids is 1. The highest BCUT2D eigenvalue weighted by atomic mass is 16.2. The molecule has 1 aliphatic rings. The molecule has 104 valence electrons. The van der Waals surface area contributed by atoms with E-state index in [2.05, 4.69) is 38.2 Å². The predicted molar refractivity (Wildman–Crippen MR) is 79.6 cm³/mol. The standard InChI is InChI=1S/C16H24N2O/c1-11(2)13-8-6-7-9-14(13)18-10-12(3)17-16(4,5)15(18)19/h6-9,11-12,17H,10H2,1-5H3. The van der Waals surface area contributed by atoms with Gasteiger partial charge in [-0.25, -0.2) is 0 Å². The van der Waals surface area contributed by atoms with Crippen molar-refractivity contribution in [3.05, 3.63) is 29.8 Å². The number of hydrogen-bond acceptors (Lipinski definition) is 2. The van der Waals surface area contributed by atoms with Gasteiger partial charge in [0.15, 0.2) is 0 Å². The van der Waals surface area contributed by atoms with E-state index in [0.717, 1.165) is 12.2 Å². The first-order valence-electron chi connectivity index (χ1n) is 7.01. The van der Waals surface area contributed by atoms with Gasteiger partial charge in [0.1, 0.15) is 0 Å². The number of hydrogen-bond donors (Lipinski definition) is 1. The number of anilines is 1. The van der Waals surface area contributed by atoms with E-state index in [1.165, 1.54) is 5.56 Å². The van der Waals surface area contributed by atoms with Gasteiger partial charge in [-0.2, -0.15) is 0 Å². The first-order chi connectivity index (χ1) is 8.83. The molecule has 0 aromatic heterocycles. The normalized spacial score (nSPS) is 22.9. The predicted octanol–water partition coefficient (Wildman–Crippen LogP) is 2.91. The molecule has 1 saturated heterocycles. The van der Waals surface area contributed by atoms with E-state index >= 15 is 0 Å². The fourth-order valence-electron chi connectivity index (χ4n) is 2.85. The van der Waals surface area contributed by atoms with Gasteiger partial charge in [0, 0.05) is 18.3 Å². The maximum absolute atomic E-state index is 12.6. The summed E-state index contributed by atoms with van der Waals surface area (Å²) in [7, 11) is 0. The topological polar surface area (TPSA) is 32.3 Å². The van der Waals surface area contributed by atoms with Crippen LogP contribution >= 0.6 is 0 Å². The van der Waals surface area contributed by atoms with E-state index < -0.39 is 5.54 Å². The second-order valence-electron chi connectivity index (χ2n) is 6.30. The minimum Gasteiger partial charge on any atom is -0.309 e. The molecule has 0 bridgehead atoms. The molecule has 3 nitrogen and oxygen atoms in total. The molecule has 0 saturated carbocycles. The SMILES string of the molecule is CC1CN(c2ccccc2C(C)C)C(=O)C(C)(C)N1. The van der Waals surface area contributed by atoms with Gasteiger partial charge in [0.05, 0.1) is 5.54 Å². The van der Waals surface area contributed by atoms with Crippen molar-refractivity contribution < 1.29 is 4.79 Å². The quantitative estimate of drug-likeness (QED) is 0.886. The Kier molecular flexibility index (Phi) is 3.68. The second-order valence-corrected chi connectivity index (χ2v) is 6.30. The summed E-state index contributed by atoms with van der Waals surface area (Å²) < 4.78 is 0. The molecule has 1 amide bonds. The minimum absolute atomic E-state index is 0.152. The summed E-state index contributed by atoms with van der Waals surface area (Å²) in [4.78, 5) is 14.6. The van der Waals surface area contributed by atoms with E-state index in [4.69, 9.17) is 0 Å². The molecule has 2 rings (SSSR count). The lowest BCUT2D eigenvalue weighted by Gasteiger charge is -2.42. The Labute approximate surface area is 116 Å². The van der Waals surface area contributed by atoms with Crippen LogP contribution in [0.1, 0.15) is 46.1 Å². The average molecular weight is 260 g/mol. The number of benzene rings is 1. The molecule has 3 heteroatoms. The summed E-state index contributed by atoms with van der Waals surface area (Å²) in [6.07, 6.45) is 0. The number of carbonyl (C=O) groups is 1. The number of piperazine rings is 1. The van der Waals surface area contributed by atoms with Crippen LogP contribution < -0.4 is 10.2 Å². The average Bonchev–Trinajstić information content (AvgIpc) is 2.33. The Balaban J connectivity index is 2.43. The van der Waals surface area contributed by atoms with Gasteiger partial charge in [-0.05, 0) is 38.3 Å². The molecule has 0 spiro atoms. The highest BCUT2D eigenvalue weighted by molar-refractivity contribution is 6.01. The summed E-state index contributed by atoms with van der Waals surface area (Å²) in [6, 6.07) is 8.52. The molecule has 1 atom stereocenters. The zero-order chi connectivity index (χ0) is 14.2. The van der Waals surface area contributed by atoms with E-state index in [1.54, 1.807) is 0 Å². The van der Waals surface area contributed by atoms with Gasteiger partial charge in [-0.1, -0.05) is 32.0 Å². The van der Waals surface area contributed by atoms with Gasteiger partial charge in [0.25, 0.3) is 0 Å². The third-order valence-corrected chi connectivity index (χ3v) is 3.69. The Hall–Kier alpha value is -1.35. The molecule has 1 aromatic rings. The zero-order valence-electron chi connectivity index (χ0n) is 12.5. The molecule has 1 heterocycles. The van der Waals surface area contributed by atoms with Crippen molar-refractivity contribution in [1.29, 1.82) is 0 Å². The van der Waals surface area contributed by atoms with Crippen LogP contribution in [0.15, 0.2) is 24.3 Å². The number of para-hydroxylation sites is 1. The van der Waals surface area contributed by atoms with Gasteiger partial charge >= 0.3 is 0 Å². The maximum Gasteiger partial charge on any atom is 0.246 e. The van der Waals surface area contributed by atoms with Crippen molar-refractivity contribution in [2.45, 2.75) is 52.1 Å². The molecular formula is C16H24N2O. The summed E-state index contributed by atoms with van der Waals surface area (Å²) in [5.41, 5.74) is 1.80. The van der Waals surface area contributed by atoms with Crippen LogP contribution in [0.2, 0.25) is 0 Å². The Morgan fingerprint density at radius 3 is 2.58 bits per heavy atom. The van der Waals surface area contributed by atoms with Crippen molar-refractivity contribution in [3.8, 4) is 0 Å². The van der Waals surface area contributed by atoms with E-state index in [9.17, 15) is 4.79 Å². The van der Waals surface area contributed by atoms with E-state index in [-0.39, 0.29) is 5.91 Å². The van der Waals surface area contributed by atoms with Crippen molar-refractivity contribution >= 4 is 11.6 Å². The first-order valence-corrected chi connectivity index (χ1v) is 7.01. The Bertz CT molecular complexity index is 479. The van der Waals surface area contributed by atoms with Crippen LogP contribution in [0.25, 0.3) is 0 Å². The maximum atomic E-state index is 12.6. The lowest BCUT2D eigenvalue weighted by Crippen LogP contribution is -2.65. The van der Waals surface area contributed by atoms with Crippen LogP contribution in [0, 0.1) is 0 Å². The fourth-order valence-corrected chi connectivity index (χ4v) is 2.85. The molecule has 1 N–H and O–H groups in total. The second kappa shape index (κ2) is 4.97. The van der Waals surface area contributed by atoms with Crippen LogP contribution in [0.5, 0.6) is 0 Å². The third-order valence-electron chi connectivity index (χ3n) is 3.69. The summed E-state index contributed by atoms with van der Waals surface area (Å²) in [5.74, 6) is 0.566. The zero-order valence-corrected chi connectivity index (χ0v) is 12.5. The van der Waals surface area contributed by atoms with Gasteiger partial charge in [0.2, 0.25) is 5.91 Å². The monoisotopic (exact) mass is 260 g/mol. The van der Waals surface area contributed by atoms with E-state index in [0.29, 0.717) is 12.0 Å². The van der Waals surface area contributed by atoms with Crippen molar-refractivity contribution in [1.82, 2.24) is 5.32 Å². The lowest BCUT2D eigenvalue weighted by atomic mass is 9.94. The minimum atomic E-state index is -0.498. The molecule has 1 aromatic carbocycles. The van der Waals surface area contributed by atoms with E-state index in [1.807, 2.05) is 30.9 Å². The molecule has 0 aliphatic carbocycles. The van der Waals surface area contributed by atoms with Crippen molar-refractivity contribution in [3.63, 3.8) is 0 Å². The van der Waals surface area contributed by atoms with Gasteiger partial charge < -0.3 is 4.90 Å². The highest BCUT2D eigenvalue weighted by Crippen LogP contribution is 2.30. The highest BCUT2D eigenvalue weighted by Gasteiger charge is 2.39. The molecule has 0 radical (unpaired) electrons. The number of nitrogens with zero attached hydrogens (tertiary/aromatic N) is 1. The van der Waals surface area contributed by atoms with Crippen molar-refractivity contribution in [2.24, 2.45) is 0 Å². The number of nitrogens with one attached hydrogen (secondary N) is 1.